The number of aliphatic hydroxyl groups excluding tert-OH is 1. The molecule has 0 spiro atoms. The van der Waals surface area contributed by atoms with E-state index in [1.165, 1.54) is 11.3 Å². The van der Waals surface area contributed by atoms with Gasteiger partial charge in [0, 0.05) is 32.4 Å². The van der Waals surface area contributed by atoms with Crippen molar-refractivity contribution in [2.75, 3.05) is 25.5 Å². The quantitative estimate of drug-likeness (QED) is 0.858. The highest BCUT2D eigenvalue weighted by Crippen LogP contribution is 2.25. The van der Waals surface area contributed by atoms with Crippen molar-refractivity contribution in [3.05, 3.63) is 29.8 Å². The number of rotatable bonds is 5. The Balaban J connectivity index is 2.71. The fourth-order valence-corrected chi connectivity index (χ4v) is 1.97. The Kier molecular flexibility index (Phi) is 5.39. The van der Waals surface area contributed by atoms with Gasteiger partial charge < -0.3 is 15.3 Å². The summed E-state index contributed by atoms with van der Waals surface area (Å²) in [5.41, 5.74) is 2.38. The van der Waals surface area contributed by atoms with E-state index < -0.39 is 0 Å². The molecule has 0 aliphatic heterocycles. The molecule has 2 N–H and O–H groups in total. The number of nitrogens with zero attached hydrogens (tertiary/aromatic N) is 1. The Morgan fingerprint density at radius 2 is 1.79 bits per heavy atom. The lowest BCUT2D eigenvalue weighted by Crippen LogP contribution is -2.37. The summed E-state index contributed by atoms with van der Waals surface area (Å²) in [6.07, 6.45) is -0.346. The van der Waals surface area contributed by atoms with Crippen LogP contribution in [0.4, 0.5) is 5.69 Å². The van der Waals surface area contributed by atoms with E-state index in [-0.39, 0.29) is 17.6 Å². The van der Waals surface area contributed by atoms with Gasteiger partial charge in [-0.05, 0) is 24.0 Å². The first-order valence-corrected chi connectivity index (χ1v) is 6.91. The predicted octanol–water partition coefficient (Wildman–Crippen LogP) is 2.81. The van der Waals surface area contributed by atoms with Gasteiger partial charge in [0.15, 0.2) is 0 Å². The molecule has 1 aromatic rings. The van der Waals surface area contributed by atoms with Crippen LogP contribution in [-0.2, 0) is 0 Å². The van der Waals surface area contributed by atoms with Gasteiger partial charge in [0.05, 0.1) is 6.10 Å². The van der Waals surface area contributed by atoms with Crippen molar-refractivity contribution in [3.8, 4) is 0 Å². The van der Waals surface area contributed by atoms with Gasteiger partial charge in [-0.2, -0.15) is 0 Å². The van der Waals surface area contributed by atoms with E-state index in [0.29, 0.717) is 6.54 Å². The first-order valence-electron chi connectivity index (χ1n) is 6.91. The monoisotopic (exact) mass is 264 g/mol. The molecule has 3 heteroatoms. The van der Waals surface area contributed by atoms with Crippen LogP contribution in [0.2, 0.25) is 0 Å². The lowest BCUT2D eigenvalue weighted by atomic mass is 9.89. The van der Waals surface area contributed by atoms with Crippen molar-refractivity contribution in [2.24, 2.45) is 5.41 Å². The maximum absolute atomic E-state index is 10.1. The van der Waals surface area contributed by atoms with Crippen molar-refractivity contribution < 1.29 is 5.11 Å². The highest BCUT2D eigenvalue weighted by Gasteiger charge is 2.22. The SMILES string of the molecule is CC(NCC(O)C(C)(C)C)c1ccccc1N(C)C. The molecule has 19 heavy (non-hydrogen) atoms. The number of hydrogen-bond acceptors (Lipinski definition) is 3. The van der Waals surface area contributed by atoms with Gasteiger partial charge in [0.1, 0.15) is 0 Å². The van der Waals surface area contributed by atoms with Gasteiger partial charge in [-0.1, -0.05) is 39.0 Å². The normalized spacial score (nSPS) is 15.1. The first kappa shape index (κ1) is 16.0. The zero-order valence-corrected chi connectivity index (χ0v) is 13.1. The molecular formula is C16H28N2O. The lowest BCUT2D eigenvalue weighted by molar-refractivity contribution is 0.0609. The van der Waals surface area contributed by atoms with Crippen molar-refractivity contribution in [1.29, 1.82) is 0 Å². The van der Waals surface area contributed by atoms with E-state index in [2.05, 4.69) is 76.3 Å². The highest BCUT2D eigenvalue weighted by molar-refractivity contribution is 5.53. The number of hydrogen-bond donors (Lipinski definition) is 2. The second-order valence-corrected chi connectivity index (χ2v) is 6.47. The van der Waals surface area contributed by atoms with Crippen LogP contribution in [0.25, 0.3) is 0 Å². The zero-order chi connectivity index (χ0) is 14.6. The molecule has 2 atom stereocenters. The van der Waals surface area contributed by atoms with E-state index in [0.717, 1.165) is 0 Å². The van der Waals surface area contributed by atoms with Gasteiger partial charge in [-0.3, -0.25) is 0 Å². The highest BCUT2D eigenvalue weighted by atomic mass is 16.3. The molecule has 108 valence electrons. The van der Waals surface area contributed by atoms with E-state index in [9.17, 15) is 5.11 Å². The lowest BCUT2D eigenvalue weighted by Gasteiger charge is -2.28. The van der Waals surface area contributed by atoms with E-state index >= 15 is 0 Å². The standard InChI is InChI=1S/C16H28N2O/c1-12(17-11-15(19)16(2,3)4)13-9-7-8-10-14(13)18(5)6/h7-10,12,15,17,19H,11H2,1-6H3. The molecule has 1 aromatic carbocycles. The Morgan fingerprint density at radius 3 is 2.32 bits per heavy atom. The van der Waals surface area contributed by atoms with Crippen LogP contribution in [0.15, 0.2) is 24.3 Å². The average molecular weight is 264 g/mol. The van der Waals surface area contributed by atoms with Crippen molar-refractivity contribution >= 4 is 5.69 Å². The molecule has 0 aliphatic carbocycles. The summed E-state index contributed by atoms with van der Waals surface area (Å²) in [5, 5.41) is 13.5. The molecule has 0 radical (unpaired) electrons. The topological polar surface area (TPSA) is 35.5 Å². The summed E-state index contributed by atoms with van der Waals surface area (Å²) in [6.45, 7) is 8.90. The van der Waals surface area contributed by atoms with Gasteiger partial charge in [-0.25, -0.2) is 0 Å². The van der Waals surface area contributed by atoms with Crippen LogP contribution in [0.3, 0.4) is 0 Å². The molecule has 0 saturated heterocycles. The van der Waals surface area contributed by atoms with Crippen LogP contribution in [0, 0.1) is 5.41 Å². The Morgan fingerprint density at radius 1 is 1.21 bits per heavy atom. The molecule has 0 bridgehead atoms. The van der Waals surface area contributed by atoms with Gasteiger partial charge in [0.25, 0.3) is 0 Å². The molecule has 2 unspecified atom stereocenters. The fourth-order valence-electron chi connectivity index (χ4n) is 1.97. The minimum absolute atomic E-state index is 0.0895. The third kappa shape index (κ3) is 4.51. The summed E-state index contributed by atoms with van der Waals surface area (Å²) >= 11 is 0. The Hall–Kier alpha value is -1.06. The number of nitrogens with one attached hydrogen (secondary N) is 1. The Bertz CT molecular complexity index is 396. The van der Waals surface area contributed by atoms with Crippen molar-refractivity contribution in [2.45, 2.75) is 39.8 Å². The average Bonchev–Trinajstić information content (AvgIpc) is 2.34. The molecule has 0 fully saturated rings. The summed E-state index contributed by atoms with van der Waals surface area (Å²) in [5.74, 6) is 0. The van der Waals surface area contributed by atoms with Gasteiger partial charge in [-0.15, -0.1) is 0 Å². The van der Waals surface area contributed by atoms with Gasteiger partial charge >= 0.3 is 0 Å². The largest absolute Gasteiger partial charge is 0.391 e. The zero-order valence-electron chi connectivity index (χ0n) is 13.1. The summed E-state index contributed by atoms with van der Waals surface area (Å²) in [7, 11) is 4.10. The number of para-hydroxylation sites is 1. The summed E-state index contributed by atoms with van der Waals surface area (Å²) < 4.78 is 0. The van der Waals surface area contributed by atoms with Gasteiger partial charge in [0.2, 0.25) is 0 Å². The number of anilines is 1. The minimum atomic E-state index is -0.346. The second kappa shape index (κ2) is 6.40. The van der Waals surface area contributed by atoms with Crippen LogP contribution in [0.5, 0.6) is 0 Å². The van der Waals surface area contributed by atoms with Crippen LogP contribution >= 0.6 is 0 Å². The third-order valence-corrected chi connectivity index (χ3v) is 3.50. The van der Waals surface area contributed by atoms with E-state index in [4.69, 9.17) is 0 Å². The number of benzene rings is 1. The third-order valence-electron chi connectivity index (χ3n) is 3.50. The molecule has 0 heterocycles. The van der Waals surface area contributed by atoms with Crippen molar-refractivity contribution in [3.63, 3.8) is 0 Å². The smallest absolute Gasteiger partial charge is 0.0712 e. The molecule has 0 amide bonds. The maximum Gasteiger partial charge on any atom is 0.0712 e. The van der Waals surface area contributed by atoms with E-state index in [1.807, 2.05) is 0 Å². The fraction of sp³-hybridized carbons (Fsp3) is 0.625. The molecule has 1 rings (SSSR count). The maximum atomic E-state index is 10.1. The van der Waals surface area contributed by atoms with E-state index in [1.54, 1.807) is 0 Å². The van der Waals surface area contributed by atoms with Crippen LogP contribution in [0.1, 0.15) is 39.3 Å². The first-order chi connectivity index (χ1) is 8.73. The Labute approximate surface area is 117 Å². The number of aliphatic hydroxyl groups is 1. The minimum Gasteiger partial charge on any atom is -0.391 e. The summed E-state index contributed by atoms with van der Waals surface area (Å²) in [6, 6.07) is 8.58. The second-order valence-electron chi connectivity index (χ2n) is 6.47. The van der Waals surface area contributed by atoms with Crippen LogP contribution in [-0.4, -0.2) is 31.9 Å². The molecule has 3 nitrogen and oxygen atoms in total. The van der Waals surface area contributed by atoms with Crippen LogP contribution < -0.4 is 10.2 Å². The predicted molar refractivity (Wildman–Crippen MR) is 82.6 cm³/mol. The molecule has 0 aliphatic rings. The molecule has 0 saturated carbocycles. The summed E-state index contributed by atoms with van der Waals surface area (Å²) in [4.78, 5) is 2.12. The van der Waals surface area contributed by atoms with Crippen molar-refractivity contribution in [1.82, 2.24) is 5.32 Å². The molecule has 0 aromatic heterocycles. The molecular weight excluding hydrogens is 236 g/mol.